The van der Waals surface area contributed by atoms with E-state index in [0.717, 1.165) is 12.1 Å². The molecule has 1 aliphatic heterocycles. The molecule has 142 valence electrons. The average Bonchev–Trinajstić information content (AvgIpc) is 2.97. The summed E-state index contributed by atoms with van der Waals surface area (Å²) in [4.78, 5) is 18.8. The Morgan fingerprint density at radius 2 is 1.93 bits per heavy atom. The number of hydrogen-bond donors (Lipinski definition) is 1. The Kier molecular flexibility index (Phi) is 4.65. The van der Waals surface area contributed by atoms with Crippen molar-refractivity contribution in [3.63, 3.8) is 0 Å². The molecule has 0 fully saturated rings. The highest BCUT2D eigenvalue weighted by Gasteiger charge is 2.39. The second-order valence-electron chi connectivity index (χ2n) is 6.21. The molecule has 1 aromatic heterocycles. The van der Waals surface area contributed by atoms with Crippen LogP contribution in [-0.2, 0) is 0 Å². The molecule has 1 aliphatic rings. The number of carbonyl (C=O) groups excluding carboxylic acids is 1. The molecule has 1 atom stereocenters. The van der Waals surface area contributed by atoms with E-state index >= 15 is 0 Å². The summed E-state index contributed by atoms with van der Waals surface area (Å²) >= 11 is 0. The molecule has 0 bridgehead atoms. The number of aromatic nitrogens is 1. The quantitative estimate of drug-likeness (QED) is 0.706. The van der Waals surface area contributed by atoms with Gasteiger partial charge in [0.05, 0.1) is 23.6 Å². The lowest BCUT2D eigenvalue weighted by molar-refractivity contribution is 0.0993. The van der Waals surface area contributed by atoms with E-state index in [1.165, 1.54) is 11.0 Å². The van der Waals surface area contributed by atoms with Gasteiger partial charge in [-0.05, 0) is 55.5 Å². The predicted octanol–water partition coefficient (Wildman–Crippen LogP) is 4.53. The van der Waals surface area contributed by atoms with Crippen LogP contribution in [-0.4, -0.2) is 17.5 Å². The van der Waals surface area contributed by atoms with Gasteiger partial charge in [-0.3, -0.25) is 14.7 Å². The molecule has 4 rings (SSSR count). The fourth-order valence-electron chi connectivity index (χ4n) is 3.21. The fraction of sp³-hybridized carbons (Fsp3) is 0.143. The number of fused-ring (bicyclic) bond motifs is 1. The van der Waals surface area contributed by atoms with Gasteiger partial charge in [0.25, 0.3) is 5.91 Å². The number of nitrogens with zero attached hydrogens (tertiary/aromatic N) is 2. The summed E-state index contributed by atoms with van der Waals surface area (Å²) in [7, 11) is 0. The Balaban J connectivity index is 1.74. The van der Waals surface area contributed by atoms with Gasteiger partial charge in [-0.15, -0.1) is 0 Å². The minimum Gasteiger partial charge on any atom is -0.494 e. The van der Waals surface area contributed by atoms with Gasteiger partial charge >= 0.3 is 0 Å². The molecule has 2 heterocycles. The highest BCUT2D eigenvalue weighted by atomic mass is 19.1. The van der Waals surface area contributed by atoms with E-state index in [1.54, 1.807) is 42.6 Å². The van der Waals surface area contributed by atoms with Gasteiger partial charge in [0.15, 0.2) is 6.17 Å². The van der Waals surface area contributed by atoms with Crippen LogP contribution < -0.4 is 15.0 Å². The minimum atomic E-state index is -0.747. The maximum atomic E-state index is 14.2. The number of amides is 1. The average molecular weight is 381 g/mol. The Morgan fingerprint density at radius 3 is 2.64 bits per heavy atom. The Hall–Kier alpha value is -3.48. The van der Waals surface area contributed by atoms with Crippen LogP contribution in [0.25, 0.3) is 0 Å². The topological polar surface area (TPSA) is 54.5 Å². The van der Waals surface area contributed by atoms with E-state index in [4.69, 9.17) is 4.74 Å². The number of benzene rings is 2. The molecule has 0 radical (unpaired) electrons. The van der Waals surface area contributed by atoms with Crippen molar-refractivity contribution < 1.29 is 18.3 Å². The van der Waals surface area contributed by atoms with Crippen LogP contribution in [0.1, 0.15) is 29.1 Å². The van der Waals surface area contributed by atoms with Crippen molar-refractivity contribution in [1.29, 1.82) is 0 Å². The number of anilines is 2. The number of hydrogen-bond acceptors (Lipinski definition) is 4. The lowest BCUT2D eigenvalue weighted by Gasteiger charge is -2.27. The molecule has 1 N–H and O–H groups in total. The molecule has 1 amide bonds. The van der Waals surface area contributed by atoms with E-state index in [1.807, 2.05) is 6.92 Å². The molecular weight excluding hydrogens is 364 g/mol. The Labute approximate surface area is 160 Å². The van der Waals surface area contributed by atoms with E-state index in [9.17, 15) is 13.6 Å². The van der Waals surface area contributed by atoms with E-state index in [-0.39, 0.29) is 11.6 Å². The zero-order valence-electron chi connectivity index (χ0n) is 15.0. The molecule has 3 aromatic rings. The number of rotatable bonds is 5. The van der Waals surface area contributed by atoms with Crippen LogP contribution in [0.2, 0.25) is 0 Å². The normalized spacial score (nSPS) is 15.5. The standard InChI is InChI=1S/C21H17F2N3O2/c1-2-28-15-8-6-14(7-9-15)26-20(19-16(21(26)27)4-3-11-24-19)25-18-10-5-13(22)12-17(18)23/h3-12,20,25H,2H2,1H3. The zero-order valence-corrected chi connectivity index (χ0v) is 15.0. The molecule has 7 heteroatoms. The van der Waals surface area contributed by atoms with Crippen molar-refractivity contribution in [2.24, 2.45) is 0 Å². The first-order chi connectivity index (χ1) is 13.6. The third-order valence-electron chi connectivity index (χ3n) is 4.45. The van der Waals surface area contributed by atoms with E-state index in [0.29, 0.717) is 29.3 Å². The molecule has 0 spiro atoms. The monoisotopic (exact) mass is 381 g/mol. The zero-order chi connectivity index (χ0) is 19.7. The van der Waals surface area contributed by atoms with Crippen LogP contribution in [0.4, 0.5) is 20.2 Å². The molecule has 5 nitrogen and oxygen atoms in total. The second kappa shape index (κ2) is 7.26. The van der Waals surface area contributed by atoms with Crippen molar-refractivity contribution in [2.45, 2.75) is 13.1 Å². The fourth-order valence-corrected chi connectivity index (χ4v) is 3.21. The molecule has 0 aliphatic carbocycles. The summed E-state index contributed by atoms with van der Waals surface area (Å²) < 4.78 is 32.9. The second-order valence-corrected chi connectivity index (χ2v) is 6.21. The van der Waals surface area contributed by atoms with Crippen LogP contribution >= 0.6 is 0 Å². The smallest absolute Gasteiger partial charge is 0.262 e. The predicted molar refractivity (Wildman–Crippen MR) is 101 cm³/mol. The summed E-state index contributed by atoms with van der Waals surface area (Å²) in [6.07, 6.45) is 0.838. The summed E-state index contributed by atoms with van der Waals surface area (Å²) in [5.41, 5.74) is 1.58. The van der Waals surface area contributed by atoms with Crippen molar-refractivity contribution in [1.82, 2.24) is 4.98 Å². The Morgan fingerprint density at radius 1 is 1.14 bits per heavy atom. The highest BCUT2D eigenvalue weighted by molar-refractivity contribution is 6.11. The van der Waals surface area contributed by atoms with Crippen LogP contribution in [0.3, 0.4) is 0 Å². The van der Waals surface area contributed by atoms with Gasteiger partial charge in [-0.1, -0.05) is 0 Å². The van der Waals surface area contributed by atoms with Gasteiger partial charge in [0.2, 0.25) is 0 Å². The first-order valence-corrected chi connectivity index (χ1v) is 8.81. The molecule has 2 aromatic carbocycles. The highest BCUT2D eigenvalue weighted by Crippen LogP contribution is 2.37. The third kappa shape index (κ3) is 3.15. The summed E-state index contributed by atoms with van der Waals surface area (Å²) in [5.74, 6) is -0.995. The maximum absolute atomic E-state index is 14.2. The van der Waals surface area contributed by atoms with Crippen molar-refractivity contribution in [3.8, 4) is 5.75 Å². The number of nitrogens with one attached hydrogen (secondary N) is 1. The Bertz CT molecular complexity index is 1020. The van der Waals surface area contributed by atoms with E-state index < -0.39 is 17.8 Å². The molecule has 1 unspecified atom stereocenters. The lowest BCUT2D eigenvalue weighted by atomic mass is 10.2. The number of halogens is 2. The number of ether oxygens (including phenoxy) is 1. The molecule has 28 heavy (non-hydrogen) atoms. The number of carbonyl (C=O) groups is 1. The van der Waals surface area contributed by atoms with Gasteiger partial charge in [-0.25, -0.2) is 8.78 Å². The van der Waals surface area contributed by atoms with E-state index in [2.05, 4.69) is 10.3 Å². The maximum Gasteiger partial charge on any atom is 0.262 e. The first kappa shape index (κ1) is 17.9. The molecule has 0 saturated heterocycles. The summed E-state index contributed by atoms with van der Waals surface area (Å²) in [6, 6.07) is 13.6. The first-order valence-electron chi connectivity index (χ1n) is 8.81. The van der Waals surface area contributed by atoms with Crippen LogP contribution in [0.15, 0.2) is 60.8 Å². The van der Waals surface area contributed by atoms with Gasteiger partial charge in [-0.2, -0.15) is 0 Å². The third-order valence-corrected chi connectivity index (χ3v) is 4.45. The SMILES string of the molecule is CCOc1ccc(N2C(=O)c3cccnc3C2Nc2ccc(F)cc2F)cc1. The van der Waals surface area contributed by atoms with Crippen LogP contribution in [0, 0.1) is 11.6 Å². The van der Waals surface area contributed by atoms with Gasteiger partial charge in [0.1, 0.15) is 17.4 Å². The summed E-state index contributed by atoms with van der Waals surface area (Å²) in [6.45, 7) is 2.42. The number of pyridine rings is 1. The van der Waals surface area contributed by atoms with Crippen molar-refractivity contribution in [3.05, 3.63) is 83.7 Å². The van der Waals surface area contributed by atoms with Crippen molar-refractivity contribution >= 4 is 17.3 Å². The molecule has 0 saturated carbocycles. The van der Waals surface area contributed by atoms with Crippen LogP contribution in [0.5, 0.6) is 5.75 Å². The molecular formula is C21H17F2N3O2. The minimum absolute atomic E-state index is 0.0774. The van der Waals surface area contributed by atoms with Crippen molar-refractivity contribution in [2.75, 3.05) is 16.8 Å². The lowest BCUT2D eigenvalue weighted by Crippen LogP contribution is -2.32. The largest absolute Gasteiger partial charge is 0.494 e. The van der Waals surface area contributed by atoms with Gasteiger partial charge < -0.3 is 10.1 Å². The van der Waals surface area contributed by atoms with Gasteiger partial charge in [0, 0.05) is 18.0 Å². The summed E-state index contributed by atoms with van der Waals surface area (Å²) in [5, 5.41) is 2.98.